The zero-order chi connectivity index (χ0) is 105. The van der Waals surface area contributed by atoms with E-state index in [-0.39, 0.29) is 94.9 Å². The molecular weight excluding hydrogens is 1960 g/mol. The van der Waals surface area contributed by atoms with Crippen molar-refractivity contribution in [3.8, 4) is 0 Å². The minimum absolute atomic E-state index is 0.0149. The number of unbranched alkanes of at least 4 members (excludes halogenated alkanes) is 4. The Kier molecular flexibility index (Phi) is 51.0. The molecule has 0 saturated carbocycles. The Morgan fingerprint density at radius 1 is 0.379 bits per heavy atom. The van der Waals surface area contributed by atoms with Gasteiger partial charge in [0.1, 0.15) is 86.8 Å². The van der Waals surface area contributed by atoms with Gasteiger partial charge in [0.05, 0.1) is 25.4 Å². The van der Waals surface area contributed by atoms with E-state index in [0.29, 0.717) is 61.8 Å². The molecule has 7 aromatic rings. The first-order valence-corrected chi connectivity index (χ1v) is 49.7. The number of hydrogen-bond acceptors (Lipinski definition) is 22. The number of carbonyl (C=O) groups excluding carboxylic acids is 16. The minimum Gasteiger partial charge on any atom is -0.445 e. The molecule has 1 aliphatic heterocycles. The lowest BCUT2D eigenvalue weighted by Gasteiger charge is -2.30. The molecule has 0 spiro atoms. The molecule has 38 nitrogen and oxygen atoms in total. The quantitative estimate of drug-likeness (QED) is 0.0125. The molecule has 0 aromatic heterocycles. The van der Waals surface area contributed by atoms with Crippen LogP contribution in [0.15, 0.2) is 188 Å². The molecule has 8 rings (SSSR count). The van der Waals surface area contributed by atoms with Crippen molar-refractivity contribution in [3.05, 3.63) is 247 Å². The summed E-state index contributed by atoms with van der Waals surface area (Å²) in [6, 6.07) is 34.5. The second kappa shape index (κ2) is 63.5. The van der Waals surface area contributed by atoms with Crippen LogP contribution in [-0.4, -0.2) is 207 Å². The number of ether oxygens (including phenoxy) is 6. The molecule has 12 atom stereocenters. The van der Waals surface area contributed by atoms with E-state index in [9.17, 15) is 28.8 Å². The van der Waals surface area contributed by atoms with Gasteiger partial charge in [0, 0.05) is 101 Å². The van der Waals surface area contributed by atoms with Crippen LogP contribution in [0.25, 0.3) is 0 Å². The first kappa shape index (κ1) is 117. The minimum atomic E-state index is -1.99. The van der Waals surface area contributed by atoms with Crippen molar-refractivity contribution in [1.82, 2.24) is 85.1 Å². The number of carbonyl (C=O) groups is 16. The molecule has 7 aromatic carbocycles. The SMILES string of the molecule is CCCCCCCC(=O)N[C@@H](CCNC(=O)OCc1ccccc1Cl)C(=O)N[C@H](C(=O)N[C@@H](CCNC(=O)OCc1ccccc1Cl)C(=O)N[C@H]1CCNC(=O)[C@H]([C@@H](C)OCc2ccccc2)NC(=O)[C@H](CCNC(=O)OCc2ccccc2Cl)NC(=O)[C@H](CCNC(C)=O)NC(=O)[C@H](CC(C)C)NC(=O)[C@@H](Cc2ccccc2)NC(=O)[C@H](CCNC(=O)OCc2ccccc2Cl)NC1=O)[C@@H](C)OCc1ccccc1. The second-order valence-electron chi connectivity index (χ2n) is 34.9. The van der Waals surface area contributed by atoms with Gasteiger partial charge in [-0.05, 0) is 112 Å². The van der Waals surface area contributed by atoms with Crippen LogP contribution in [0, 0.1) is 5.92 Å². The Balaban J connectivity index is 1.24. The first-order valence-electron chi connectivity index (χ1n) is 48.2. The maximum atomic E-state index is 16.0. The van der Waals surface area contributed by atoms with E-state index < -0.39 is 226 Å². The highest BCUT2D eigenvalue weighted by molar-refractivity contribution is 6.32. The molecular formula is C103H130Cl4N16O22. The van der Waals surface area contributed by atoms with Gasteiger partial charge in [-0.15, -0.1) is 0 Å². The van der Waals surface area contributed by atoms with Crippen molar-refractivity contribution >= 4 is 142 Å². The van der Waals surface area contributed by atoms with Crippen LogP contribution in [0.3, 0.4) is 0 Å². The largest absolute Gasteiger partial charge is 0.445 e. The van der Waals surface area contributed by atoms with Gasteiger partial charge in [0.2, 0.25) is 70.9 Å². The average Bonchev–Trinajstić information content (AvgIpc) is 1.41. The van der Waals surface area contributed by atoms with E-state index in [4.69, 9.17) is 74.8 Å². The normalized spacial score (nSPS) is 17.6. The van der Waals surface area contributed by atoms with Crippen LogP contribution in [0.1, 0.15) is 164 Å². The Labute approximate surface area is 862 Å². The van der Waals surface area contributed by atoms with Gasteiger partial charge >= 0.3 is 24.4 Å². The van der Waals surface area contributed by atoms with Gasteiger partial charge in [0.15, 0.2) is 0 Å². The summed E-state index contributed by atoms with van der Waals surface area (Å²) in [6.45, 7) is 5.46. The summed E-state index contributed by atoms with van der Waals surface area (Å²) in [6.07, 6.45) is -6.19. The van der Waals surface area contributed by atoms with Gasteiger partial charge < -0.3 is 113 Å². The van der Waals surface area contributed by atoms with Gasteiger partial charge in [0.25, 0.3) is 0 Å². The van der Waals surface area contributed by atoms with E-state index in [0.717, 1.165) is 19.3 Å². The molecule has 16 amide bonds. The van der Waals surface area contributed by atoms with Gasteiger partial charge in [-0.1, -0.05) is 257 Å². The van der Waals surface area contributed by atoms with E-state index in [1.165, 1.54) is 20.8 Å². The number of nitrogens with one attached hydrogen (secondary N) is 16. The van der Waals surface area contributed by atoms with Crippen molar-refractivity contribution in [2.75, 3.05) is 39.3 Å². The lowest BCUT2D eigenvalue weighted by Crippen LogP contribution is -2.62. The topological polar surface area (TPSA) is 521 Å². The highest BCUT2D eigenvalue weighted by Crippen LogP contribution is 2.23. The first-order chi connectivity index (χ1) is 69.7. The standard InChI is InChI=1S/C103H130Cl4N16O22/c1-7-8-9-10-20-43-87(125)114-79(46-52-110-100(136)142-60-71-35-21-25-39-75(71)104)94(130)123-89(66(5)141-59-70-33-18-13-19-34-70)99(135)119-83(48-54-112-102(138)144-62-73-37-23-27-41-77(73)106)92(128)115-81-45-51-109-98(134)88(65(4)140-58-69-31-16-12-17-32-69)122-95(131)84(49-55-113-103(139)145-63-74-38-24-28-42-78(74)107)117-90(126)80(44-50-108-67(6)124)118-96(132)85(56-64(2)3)120-97(133)86(57-68-29-14-11-15-30-68)121-93(129)82(116-91(81)127)47-53-111-101(137)143-61-72-36-22-26-40-76(72)105/h11-19,21-42,64-66,79-86,88-89H,7-10,20,43-63H2,1-6H3,(H,108,124)(H,109,134)(H,110,136)(H,111,137)(H,112,138)(H,113,139)(H,114,125)(H,115,128)(H,116,127)(H,117,126)(H,118,132)(H,119,135)(H,120,133)(H,121,129)(H,122,131)(H,123,130)/t65-,66-,79+,80+,81+,82+,83+,84+,85+,86-,88+,89+/m1/s1. The molecule has 0 aliphatic carbocycles. The molecule has 1 heterocycles. The summed E-state index contributed by atoms with van der Waals surface area (Å²) >= 11 is 25.6. The van der Waals surface area contributed by atoms with Crippen molar-refractivity contribution in [1.29, 1.82) is 0 Å². The lowest BCUT2D eigenvalue weighted by molar-refractivity contribution is -0.138. The van der Waals surface area contributed by atoms with Crippen LogP contribution in [0.5, 0.6) is 0 Å². The maximum absolute atomic E-state index is 16.0. The van der Waals surface area contributed by atoms with Crippen LogP contribution in [0.4, 0.5) is 19.2 Å². The van der Waals surface area contributed by atoms with Gasteiger partial charge in [-0.2, -0.15) is 0 Å². The summed E-state index contributed by atoms with van der Waals surface area (Å²) in [5, 5.41) is 43.7. The second-order valence-corrected chi connectivity index (χ2v) is 36.5. The monoisotopic (exact) mass is 2080 g/mol. The molecule has 1 fully saturated rings. The third kappa shape index (κ3) is 43.0. The van der Waals surface area contributed by atoms with Crippen LogP contribution >= 0.6 is 46.4 Å². The van der Waals surface area contributed by atoms with E-state index >= 15 is 47.9 Å². The number of benzene rings is 7. The Morgan fingerprint density at radius 2 is 0.759 bits per heavy atom. The van der Waals surface area contributed by atoms with Crippen molar-refractivity contribution < 1.29 is 105 Å². The summed E-state index contributed by atoms with van der Waals surface area (Å²) in [5.74, 6) is -12.3. The zero-order valence-electron chi connectivity index (χ0n) is 81.8. The van der Waals surface area contributed by atoms with Crippen LogP contribution < -0.4 is 85.1 Å². The molecule has 145 heavy (non-hydrogen) atoms. The van der Waals surface area contributed by atoms with Crippen LogP contribution in [-0.2, 0) is 132 Å². The molecule has 42 heteroatoms. The number of hydrogen-bond donors (Lipinski definition) is 16. The van der Waals surface area contributed by atoms with E-state index in [1.807, 2.05) is 6.92 Å². The van der Waals surface area contributed by atoms with Gasteiger partial charge in [-0.3, -0.25) is 57.5 Å². The Bertz CT molecular complexity index is 5410. The summed E-state index contributed by atoms with van der Waals surface area (Å²) < 4.78 is 34.6. The summed E-state index contributed by atoms with van der Waals surface area (Å²) in [7, 11) is 0. The maximum Gasteiger partial charge on any atom is 0.407 e. The molecule has 16 N–H and O–H groups in total. The highest BCUT2D eigenvalue weighted by Gasteiger charge is 2.40. The fraction of sp³-hybridized carbons (Fsp3) is 0.437. The fourth-order valence-electron chi connectivity index (χ4n) is 14.9. The van der Waals surface area contributed by atoms with Gasteiger partial charge in [-0.25, -0.2) is 19.2 Å². The summed E-state index contributed by atoms with van der Waals surface area (Å²) in [5.41, 5.74) is 3.45. The van der Waals surface area contributed by atoms with Crippen LogP contribution in [0.2, 0.25) is 20.1 Å². The van der Waals surface area contributed by atoms with Crippen molar-refractivity contribution in [2.45, 2.75) is 244 Å². The summed E-state index contributed by atoms with van der Waals surface area (Å²) in [4.78, 5) is 236. The Hall–Kier alpha value is -13.7. The molecule has 1 aliphatic rings. The third-order valence-corrected chi connectivity index (χ3v) is 24.5. The number of rotatable bonds is 48. The molecule has 0 unspecified atom stereocenters. The van der Waals surface area contributed by atoms with E-state index in [1.54, 1.807) is 202 Å². The number of alkyl carbamates (subject to hydrolysis) is 4. The van der Waals surface area contributed by atoms with Crippen molar-refractivity contribution in [2.24, 2.45) is 5.92 Å². The smallest absolute Gasteiger partial charge is 0.407 e. The lowest BCUT2D eigenvalue weighted by atomic mass is 10.00. The zero-order valence-corrected chi connectivity index (χ0v) is 84.8. The molecule has 0 bridgehead atoms. The molecule has 782 valence electrons. The van der Waals surface area contributed by atoms with E-state index in [2.05, 4.69) is 85.1 Å². The third-order valence-electron chi connectivity index (χ3n) is 23.0. The highest BCUT2D eigenvalue weighted by atomic mass is 35.5. The predicted octanol–water partition coefficient (Wildman–Crippen LogP) is 9.62. The molecule has 1 saturated heterocycles. The Morgan fingerprint density at radius 3 is 1.21 bits per heavy atom. The van der Waals surface area contributed by atoms with Crippen molar-refractivity contribution in [3.63, 3.8) is 0 Å². The fourth-order valence-corrected chi connectivity index (χ4v) is 15.6. The average molecular weight is 2090 g/mol. The predicted molar refractivity (Wildman–Crippen MR) is 542 cm³/mol. The number of halogens is 4. The number of amides is 16. The molecule has 0 radical (unpaired) electrons.